The Morgan fingerprint density at radius 1 is 1.26 bits per heavy atom. The van der Waals surface area contributed by atoms with Gasteiger partial charge in [0.15, 0.2) is 6.61 Å². The van der Waals surface area contributed by atoms with Crippen molar-refractivity contribution >= 4 is 29.5 Å². The molecule has 4 N–H and O–H groups in total. The van der Waals surface area contributed by atoms with Gasteiger partial charge in [0.2, 0.25) is 11.8 Å². The molecule has 0 radical (unpaired) electrons. The smallest absolute Gasteiger partial charge is 0.258 e. The highest BCUT2D eigenvalue weighted by Crippen LogP contribution is 2.08. The second-order valence-electron chi connectivity index (χ2n) is 4.69. The van der Waals surface area contributed by atoms with Crippen LogP contribution in [0.2, 0.25) is 0 Å². The minimum atomic E-state index is -0.728. The summed E-state index contributed by atoms with van der Waals surface area (Å²) in [6, 6.07) is 8.18. The third-order valence-corrected chi connectivity index (χ3v) is 3.46. The number of amides is 3. The minimum Gasteiger partial charge on any atom is -0.484 e. The van der Waals surface area contributed by atoms with Crippen LogP contribution in [-0.2, 0) is 14.4 Å². The highest BCUT2D eigenvalue weighted by molar-refractivity contribution is 7.98. The van der Waals surface area contributed by atoms with Crippen LogP contribution in [0, 0.1) is 0 Å². The number of thioether (sulfide) groups is 1. The molecule has 8 heteroatoms. The molecular formula is C15H21N3O4S. The van der Waals surface area contributed by atoms with Gasteiger partial charge in [-0.25, -0.2) is 0 Å². The number of hydrogen-bond acceptors (Lipinski definition) is 5. The lowest BCUT2D eigenvalue weighted by Crippen LogP contribution is -2.49. The second-order valence-corrected chi connectivity index (χ2v) is 5.67. The van der Waals surface area contributed by atoms with E-state index in [-0.39, 0.29) is 13.2 Å². The van der Waals surface area contributed by atoms with Crippen LogP contribution in [0.3, 0.4) is 0 Å². The van der Waals surface area contributed by atoms with Crippen LogP contribution in [0.5, 0.6) is 5.75 Å². The number of carbonyl (C=O) groups is 3. The monoisotopic (exact) mass is 339 g/mol. The minimum absolute atomic E-state index is 0.192. The molecule has 1 aromatic rings. The van der Waals surface area contributed by atoms with E-state index in [4.69, 9.17) is 10.5 Å². The van der Waals surface area contributed by atoms with Gasteiger partial charge in [-0.2, -0.15) is 11.8 Å². The Bertz CT molecular complexity index is 525. The van der Waals surface area contributed by atoms with E-state index < -0.39 is 23.8 Å². The Morgan fingerprint density at radius 2 is 1.96 bits per heavy atom. The van der Waals surface area contributed by atoms with Gasteiger partial charge in [-0.15, -0.1) is 0 Å². The van der Waals surface area contributed by atoms with Crippen molar-refractivity contribution < 1.29 is 19.1 Å². The van der Waals surface area contributed by atoms with Gasteiger partial charge in [-0.3, -0.25) is 14.4 Å². The number of nitrogens with one attached hydrogen (secondary N) is 2. The first-order chi connectivity index (χ1) is 11.0. The number of para-hydroxylation sites is 1. The zero-order chi connectivity index (χ0) is 17.1. The lowest BCUT2D eigenvalue weighted by atomic mass is 10.2. The van der Waals surface area contributed by atoms with Gasteiger partial charge < -0.3 is 21.1 Å². The average molecular weight is 339 g/mol. The zero-order valence-electron chi connectivity index (χ0n) is 12.9. The molecule has 126 valence electrons. The molecule has 0 aliphatic carbocycles. The average Bonchev–Trinajstić information content (AvgIpc) is 2.55. The summed E-state index contributed by atoms with van der Waals surface area (Å²) in [5.74, 6) is -0.226. The molecule has 0 spiro atoms. The van der Waals surface area contributed by atoms with E-state index in [2.05, 4.69) is 10.6 Å². The number of primary amides is 1. The summed E-state index contributed by atoms with van der Waals surface area (Å²) in [6.45, 7) is -0.451. The lowest BCUT2D eigenvalue weighted by Gasteiger charge is -2.18. The Labute approximate surface area is 139 Å². The van der Waals surface area contributed by atoms with E-state index in [1.165, 1.54) is 0 Å². The van der Waals surface area contributed by atoms with Crippen molar-refractivity contribution in [3.63, 3.8) is 0 Å². The Morgan fingerprint density at radius 3 is 2.57 bits per heavy atom. The number of nitrogens with two attached hydrogens (primary N) is 1. The molecule has 0 saturated carbocycles. The Balaban J connectivity index is 2.49. The normalized spacial score (nSPS) is 11.3. The molecular weight excluding hydrogens is 318 g/mol. The van der Waals surface area contributed by atoms with Gasteiger partial charge in [0.25, 0.3) is 5.91 Å². The van der Waals surface area contributed by atoms with Crippen molar-refractivity contribution in [2.45, 2.75) is 12.5 Å². The van der Waals surface area contributed by atoms with Gasteiger partial charge in [0.05, 0.1) is 6.54 Å². The van der Waals surface area contributed by atoms with Gasteiger partial charge in [0.1, 0.15) is 11.8 Å². The van der Waals surface area contributed by atoms with Gasteiger partial charge in [-0.1, -0.05) is 18.2 Å². The van der Waals surface area contributed by atoms with Crippen LogP contribution < -0.4 is 21.1 Å². The van der Waals surface area contributed by atoms with Crippen LogP contribution in [0.15, 0.2) is 30.3 Å². The topological polar surface area (TPSA) is 111 Å². The predicted octanol–water partition coefficient (Wildman–Crippen LogP) is -0.0952. The molecule has 1 atom stereocenters. The van der Waals surface area contributed by atoms with E-state index in [0.29, 0.717) is 17.9 Å². The number of rotatable bonds is 10. The van der Waals surface area contributed by atoms with Crippen molar-refractivity contribution in [2.75, 3.05) is 25.2 Å². The molecule has 0 aliphatic rings. The Kier molecular flexibility index (Phi) is 8.59. The molecule has 0 aromatic heterocycles. The summed E-state index contributed by atoms with van der Waals surface area (Å²) in [4.78, 5) is 34.6. The van der Waals surface area contributed by atoms with E-state index >= 15 is 0 Å². The summed E-state index contributed by atoms with van der Waals surface area (Å²) in [7, 11) is 0. The van der Waals surface area contributed by atoms with Crippen LogP contribution >= 0.6 is 11.8 Å². The standard InChI is InChI=1S/C15H21N3O4S/c1-23-8-7-12(15(21)17-9-13(16)19)18-14(20)10-22-11-5-3-2-4-6-11/h2-6,12H,7-10H2,1H3,(H2,16,19)(H,17,21)(H,18,20)/t12-/m0/s1. The number of ether oxygens (including phenoxy) is 1. The first-order valence-electron chi connectivity index (χ1n) is 7.05. The van der Waals surface area contributed by atoms with E-state index in [9.17, 15) is 14.4 Å². The molecule has 0 fully saturated rings. The molecule has 23 heavy (non-hydrogen) atoms. The third kappa shape index (κ3) is 8.10. The van der Waals surface area contributed by atoms with Crippen molar-refractivity contribution in [1.29, 1.82) is 0 Å². The van der Waals surface area contributed by atoms with Crippen LogP contribution in [0.1, 0.15) is 6.42 Å². The fourth-order valence-electron chi connectivity index (χ4n) is 1.70. The largest absolute Gasteiger partial charge is 0.484 e. The zero-order valence-corrected chi connectivity index (χ0v) is 13.7. The molecule has 1 rings (SSSR count). The van der Waals surface area contributed by atoms with Gasteiger partial charge in [0, 0.05) is 0 Å². The van der Waals surface area contributed by atoms with Crippen LogP contribution in [0.4, 0.5) is 0 Å². The van der Waals surface area contributed by atoms with E-state index in [1.807, 2.05) is 12.3 Å². The third-order valence-electron chi connectivity index (χ3n) is 2.81. The van der Waals surface area contributed by atoms with Crippen molar-refractivity contribution in [1.82, 2.24) is 10.6 Å². The predicted molar refractivity (Wildman–Crippen MR) is 89.1 cm³/mol. The van der Waals surface area contributed by atoms with E-state index in [1.54, 1.807) is 36.0 Å². The summed E-state index contributed by atoms with van der Waals surface area (Å²) in [6.07, 6.45) is 2.35. The molecule has 0 unspecified atom stereocenters. The maximum Gasteiger partial charge on any atom is 0.258 e. The van der Waals surface area contributed by atoms with Crippen LogP contribution in [-0.4, -0.2) is 48.9 Å². The molecule has 0 bridgehead atoms. The second kappa shape index (κ2) is 10.5. The maximum atomic E-state index is 12.0. The Hall–Kier alpha value is -2.22. The quantitative estimate of drug-likeness (QED) is 0.551. The van der Waals surface area contributed by atoms with E-state index in [0.717, 1.165) is 0 Å². The summed E-state index contributed by atoms with van der Waals surface area (Å²) >= 11 is 1.55. The molecule has 7 nitrogen and oxygen atoms in total. The highest BCUT2D eigenvalue weighted by atomic mass is 32.2. The molecule has 3 amide bonds. The van der Waals surface area contributed by atoms with Crippen molar-refractivity contribution in [2.24, 2.45) is 5.73 Å². The fourth-order valence-corrected chi connectivity index (χ4v) is 2.17. The van der Waals surface area contributed by atoms with Gasteiger partial charge >= 0.3 is 0 Å². The fraction of sp³-hybridized carbons (Fsp3) is 0.400. The summed E-state index contributed by atoms with van der Waals surface area (Å²) in [5, 5.41) is 5.00. The summed E-state index contributed by atoms with van der Waals surface area (Å²) in [5.41, 5.74) is 4.99. The van der Waals surface area contributed by atoms with Crippen LogP contribution in [0.25, 0.3) is 0 Å². The first kappa shape index (κ1) is 18.8. The molecule has 0 heterocycles. The highest BCUT2D eigenvalue weighted by Gasteiger charge is 2.20. The first-order valence-corrected chi connectivity index (χ1v) is 8.44. The number of hydrogen-bond donors (Lipinski definition) is 3. The molecule has 0 saturated heterocycles. The summed E-state index contributed by atoms with van der Waals surface area (Å²) < 4.78 is 5.33. The molecule has 0 aliphatic heterocycles. The van der Waals surface area contributed by atoms with Gasteiger partial charge in [-0.05, 0) is 30.6 Å². The maximum absolute atomic E-state index is 12.0. The SMILES string of the molecule is CSCC[C@H](NC(=O)COc1ccccc1)C(=O)NCC(N)=O. The van der Waals surface area contributed by atoms with Crippen molar-refractivity contribution in [3.8, 4) is 5.75 Å². The molecule has 1 aromatic carbocycles. The number of benzene rings is 1. The lowest BCUT2D eigenvalue weighted by molar-refractivity contribution is -0.130. The number of carbonyl (C=O) groups excluding carboxylic acids is 3. The van der Waals surface area contributed by atoms with Crippen molar-refractivity contribution in [3.05, 3.63) is 30.3 Å².